The Balaban J connectivity index is 1.55. The molecule has 9 rings (SSSR count). The molecular weight excluding hydrogens is 520 g/mol. The topological polar surface area (TPSA) is 90.9 Å². The highest BCUT2D eigenvalue weighted by Crippen LogP contribution is 2.35. The fourth-order valence-corrected chi connectivity index (χ4v) is 6.07. The molecule has 2 N–H and O–H groups in total. The third-order valence-corrected chi connectivity index (χ3v) is 8.06. The van der Waals surface area contributed by atoms with E-state index in [9.17, 15) is 0 Å². The van der Waals surface area contributed by atoms with Crippen molar-refractivity contribution in [3.63, 3.8) is 0 Å². The van der Waals surface area contributed by atoms with Crippen LogP contribution in [-0.2, 0) is 0 Å². The third-order valence-electron chi connectivity index (χ3n) is 8.06. The van der Waals surface area contributed by atoms with Crippen LogP contribution in [0.15, 0.2) is 97.1 Å². The summed E-state index contributed by atoms with van der Waals surface area (Å²) in [6.07, 6.45) is 0. The molecule has 0 atom stereocenters. The van der Waals surface area contributed by atoms with E-state index in [2.05, 4.69) is 72.6 Å². The number of H-pyrrole nitrogens is 2. The lowest BCUT2D eigenvalue weighted by molar-refractivity contribution is -0.590. The van der Waals surface area contributed by atoms with Crippen molar-refractivity contribution in [2.24, 2.45) is 0 Å². The highest BCUT2D eigenvalue weighted by Gasteiger charge is 2.24. The Morgan fingerprint density at radius 1 is 0.381 bits per heavy atom. The standard InChI is InChI=1S/C34H22N8/c1-41-31-23-15-7-8-16-24(23)32(41)38-28-20-12-4-6-14-22(20)30(36-28)40-34-26-18-10-9-17-25(26)33(42(34)2)39-29-21-13-5-3-11-19(21)27(35-29)37-31/h3-18H,1-2H2,(H,35,37,39)(H,36,38,40). The number of hydrogen-bond acceptors (Lipinski definition) is 4. The highest BCUT2D eigenvalue weighted by molar-refractivity contribution is 6.06. The molecule has 0 aliphatic carbocycles. The van der Waals surface area contributed by atoms with Crippen molar-refractivity contribution in [3.05, 3.63) is 111 Å². The Morgan fingerprint density at radius 2 is 0.619 bits per heavy atom. The van der Waals surface area contributed by atoms with E-state index in [0.717, 1.165) is 43.8 Å². The second kappa shape index (κ2) is 8.25. The van der Waals surface area contributed by atoms with Gasteiger partial charge in [0.25, 0.3) is 0 Å². The molecule has 4 aromatic carbocycles. The van der Waals surface area contributed by atoms with Gasteiger partial charge in [0.2, 0.25) is 22.6 Å². The summed E-state index contributed by atoms with van der Waals surface area (Å²) in [5.74, 6) is 2.79. The van der Waals surface area contributed by atoms with Gasteiger partial charge in [-0.15, -0.1) is 19.9 Å². The average molecular weight is 543 g/mol. The summed E-state index contributed by atoms with van der Waals surface area (Å²) in [5, 5.41) is 3.83. The SMILES string of the molecule is [CH2-][n+]1c2nc3[nH]c(nc4[n+]([CH2-])c(nc5[nH]c(nc1-c1ccccc1-2)c1ccccc51)-c1ccccc1-4)c1ccccc31. The summed E-state index contributed by atoms with van der Waals surface area (Å²) < 4.78 is 3.60. The minimum atomic E-state index is 0.695. The first-order valence-corrected chi connectivity index (χ1v) is 13.6. The molecule has 5 heterocycles. The molecule has 7 aromatic rings. The monoisotopic (exact) mass is 542 g/mol. The van der Waals surface area contributed by atoms with Gasteiger partial charge < -0.3 is 9.13 Å². The van der Waals surface area contributed by atoms with Gasteiger partial charge in [0.05, 0.1) is 0 Å². The molecule has 3 aromatic heterocycles. The summed E-state index contributed by atoms with van der Waals surface area (Å²) in [7, 11) is 8.79. The van der Waals surface area contributed by atoms with Gasteiger partial charge in [0.1, 0.15) is 0 Å². The summed E-state index contributed by atoms with van der Waals surface area (Å²) in [5.41, 5.74) is 6.59. The Kier molecular flexibility index (Phi) is 4.47. The molecule has 0 saturated heterocycles. The Morgan fingerprint density at radius 3 is 0.881 bits per heavy atom. The average Bonchev–Trinajstić information content (AvgIpc) is 3.71. The molecule has 2 aliphatic rings. The number of aromatic amines is 2. The van der Waals surface area contributed by atoms with E-state index in [0.29, 0.717) is 45.9 Å². The summed E-state index contributed by atoms with van der Waals surface area (Å²) >= 11 is 0. The van der Waals surface area contributed by atoms with Crippen LogP contribution in [0.5, 0.6) is 0 Å². The number of hydrogen-bond donors (Lipinski definition) is 2. The molecule has 8 heteroatoms. The van der Waals surface area contributed by atoms with Crippen molar-refractivity contribution in [1.82, 2.24) is 29.9 Å². The van der Waals surface area contributed by atoms with E-state index in [-0.39, 0.29) is 0 Å². The maximum atomic E-state index is 5.15. The van der Waals surface area contributed by atoms with Gasteiger partial charge in [-0.2, -0.15) is 0 Å². The largest absolute Gasteiger partial charge is 0.366 e. The van der Waals surface area contributed by atoms with Crippen molar-refractivity contribution in [1.29, 1.82) is 0 Å². The maximum absolute atomic E-state index is 5.15. The molecule has 8 nitrogen and oxygen atoms in total. The van der Waals surface area contributed by atoms with Crippen LogP contribution in [0.3, 0.4) is 0 Å². The normalized spacial score (nSPS) is 12.0. The van der Waals surface area contributed by atoms with Crippen molar-refractivity contribution in [3.8, 4) is 45.6 Å². The van der Waals surface area contributed by atoms with Crippen LogP contribution >= 0.6 is 0 Å². The fourth-order valence-electron chi connectivity index (χ4n) is 6.07. The molecule has 8 bridgehead atoms. The van der Waals surface area contributed by atoms with Gasteiger partial charge in [0, 0.05) is 21.5 Å². The molecular formula is C34H22N8. The maximum Gasteiger partial charge on any atom is 0.203 e. The molecule has 198 valence electrons. The van der Waals surface area contributed by atoms with E-state index in [4.69, 9.17) is 19.9 Å². The summed E-state index contributed by atoms with van der Waals surface area (Å²) in [6.45, 7) is 0. The number of aromatic nitrogens is 8. The van der Waals surface area contributed by atoms with E-state index in [1.807, 2.05) is 48.5 Å². The number of rotatable bonds is 0. The van der Waals surface area contributed by atoms with Crippen molar-refractivity contribution < 1.29 is 9.13 Å². The van der Waals surface area contributed by atoms with E-state index in [1.54, 1.807) is 9.13 Å². The van der Waals surface area contributed by atoms with Gasteiger partial charge in [-0.3, -0.25) is 9.97 Å². The van der Waals surface area contributed by atoms with Gasteiger partial charge in [-0.1, -0.05) is 86.9 Å². The summed E-state index contributed by atoms with van der Waals surface area (Å²) in [4.78, 5) is 27.6. The fraction of sp³-hybridized carbons (Fsp3) is 0. The van der Waals surface area contributed by atoms with Crippen molar-refractivity contribution in [2.45, 2.75) is 0 Å². The first-order chi connectivity index (χ1) is 20.7. The zero-order valence-corrected chi connectivity index (χ0v) is 22.3. The Labute approximate surface area is 239 Å². The van der Waals surface area contributed by atoms with Crippen LogP contribution in [0.2, 0.25) is 0 Å². The molecule has 0 spiro atoms. The number of nitrogens with one attached hydrogen (secondary N) is 2. The van der Waals surface area contributed by atoms with Crippen LogP contribution in [0.25, 0.3) is 89.7 Å². The molecule has 0 radical (unpaired) electrons. The van der Waals surface area contributed by atoms with Gasteiger partial charge in [-0.05, 0) is 46.5 Å². The lowest BCUT2D eigenvalue weighted by Crippen LogP contribution is -2.28. The van der Waals surface area contributed by atoms with Gasteiger partial charge in [0.15, 0.2) is 23.3 Å². The minimum Gasteiger partial charge on any atom is -0.366 e. The molecule has 0 fully saturated rings. The van der Waals surface area contributed by atoms with Gasteiger partial charge >= 0.3 is 0 Å². The summed E-state index contributed by atoms with van der Waals surface area (Å²) in [6, 6.07) is 32.5. The van der Waals surface area contributed by atoms with E-state index in [1.165, 1.54) is 0 Å². The third kappa shape index (κ3) is 3.06. The van der Waals surface area contributed by atoms with Crippen LogP contribution < -0.4 is 9.13 Å². The van der Waals surface area contributed by atoms with Gasteiger partial charge in [-0.25, -0.2) is 0 Å². The smallest absolute Gasteiger partial charge is 0.203 e. The molecule has 2 aliphatic heterocycles. The first-order valence-electron chi connectivity index (χ1n) is 13.6. The second-order valence-corrected chi connectivity index (χ2v) is 10.4. The van der Waals surface area contributed by atoms with Crippen molar-refractivity contribution in [2.75, 3.05) is 0 Å². The van der Waals surface area contributed by atoms with E-state index < -0.39 is 0 Å². The van der Waals surface area contributed by atoms with E-state index >= 15 is 0 Å². The number of nitrogens with zero attached hydrogens (tertiary/aromatic N) is 6. The zero-order chi connectivity index (χ0) is 27.9. The molecule has 0 amide bonds. The van der Waals surface area contributed by atoms with Crippen LogP contribution in [0.4, 0.5) is 0 Å². The number of benzene rings is 4. The van der Waals surface area contributed by atoms with Crippen LogP contribution in [0, 0.1) is 14.1 Å². The molecule has 0 saturated carbocycles. The van der Waals surface area contributed by atoms with Crippen LogP contribution in [-0.4, -0.2) is 29.9 Å². The molecule has 0 unspecified atom stereocenters. The predicted octanol–water partition coefficient (Wildman–Crippen LogP) is 5.93. The minimum absolute atomic E-state index is 0.695. The Bertz CT molecular complexity index is 2120. The quantitative estimate of drug-likeness (QED) is 0.183. The predicted molar refractivity (Wildman–Crippen MR) is 162 cm³/mol. The van der Waals surface area contributed by atoms with Crippen LogP contribution in [0.1, 0.15) is 0 Å². The Hall–Kier alpha value is -6.02. The highest BCUT2D eigenvalue weighted by atomic mass is 15.1. The van der Waals surface area contributed by atoms with Crippen molar-refractivity contribution >= 4 is 44.1 Å². The number of fused-ring (bicyclic) bond motifs is 20. The first kappa shape index (κ1) is 22.8. The zero-order valence-electron chi connectivity index (χ0n) is 22.3. The molecule has 42 heavy (non-hydrogen) atoms. The lowest BCUT2D eigenvalue weighted by atomic mass is 10.1. The lowest BCUT2D eigenvalue weighted by Gasteiger charge is -1.99. The second-order valence-electron chi connectivity index (χ2n) is 10.4.